The van der Waals surface area contributed by atoms with Crippen molar-refractivity contribution < 1.29 is 9.90 Å². The molecule has 1 atom stereocenters. The van der Waals surface area contributed by atoms with Crippen LogP contribution in [0.15, 0.2) is 12.4 Å². The van der Waals surface area contributed by atoms with Gasteiger partial charge < -0.3 is 15.3 Å². The zero-order valence-electron chi connectivity index (χ0n) is 10.6. The molecule has 1 aromatic rings. The van der Waals surface area contributed by atoms with Crippen LogP contribution in [0.3, 0.4) is 0 Å². The first kappa shape index (κ1) is 12.8. The van der Waals surface area contributed by atoms with Gasteiger partial charge in [0.2, 0.25) is 0 Å². The number of anilines is 1. The van der Waals surface area contributed by atoms with Gasteiger partial charge in [0.15, 0.2) is 0 Å². The van der Waals surface area contributed by atoms with Crippen LogP contribution in [0.5, 0.6) is 0 Å². The van der Waals surface area contributed by atoms with Crippen LogP contribution in [0.1, 0.15) is 31.5 Å². The molecule has 1 unspecified atom stereocenters. The van der Waals surface area contributed by atoms with Gasteiger partial charge in [0, 0.05) is 13.0 Å². The van der Waals surface area contributed by atoms with Crippen LogP contribution in [-0.2, 0) is 0 Å². The van der Waals surface area contributed by atoms with E-state index in [0.717, 1.165) is 18.7 Å². The summed E-state index contributed by atoms with van der Waals surface area (Å²) in [7, 11) is 1.63. The van der Waals surface area contributed by atoms with E-state index in [4.69, 9.17) is 5.11 Å². The fraction of sp³-hybridized carbons (Fsp3) is 0.583. The number of hydrogen-bond donors (Lipinski definition) is 2. The summed E-state index contributed by atoms with van der Waals surface area (Å²) >= 11 is 0. The highest BCUT2D eigenvalue weighted by Crippen LogP contribution is 2.37. The van der Waals surface area contributed by atoms with Gasteiger partial charge >= 0.3 is 6.03 Å². The molecule has 0 aromatic carbocycles. The lowest BCUT2D eigenvalue weighted by molar-refractivity contribution is 0.166. The van der Waals surface area contributed by atoms with Gasteiger partial charge in [0.05, 0.1) is 30.7 Å². The average Bonchev–Trinajstić information content (AvgIpc) is 3.22. The van der Waals surface area contributed by atoms with Crippen molar-refractivity contribution >= 4 is 11.7 Å². The van der Waals surface area contributed by atoms with Crippen LogP contribution in [0.25, 0.3) is 0 Å². The highest BCUT2D eigenvalue weighted by Gasteiger charge is 2.26. The molecule has 2 amide bonds. The number of aliphatic hydroxyl groups is 1. The molecule has 1 heterocycles. The van der Waals surface area contributed by atoms with E-state index in [2.05, 4.69) is 15.3 Å². The van der Waals surface area contributed by atoms with Gasteiger partial charge in [-0.1, -0.05) is 0 Å². The van der Waals surface area contributed by atoms with E-state index in [1.54, 1.807) is 26.4 Å². The van der Waals surface area contributed by atoms with E-state index in [1.807, 2.05) is 0 Å². The predicted molar refractivity (Wildman–Crippen MR) is 67.3 cm³/mol. The van der Waals surface area contributed by atoms with E-state index in [0.29, 0.717) is 11.6 Å². The summed E-state index contributed by atoms with van der Waals surface area (Å²) in [6, 6.07) is -0.504. The van der Waals surface area contributed by atoms with Crippen LogP contribution < -0.4 is 5.32 Å². The number of nitrogens with zero attached hydrogens (tertiary/aromatic N) is 3. The number of hydrogen-bond acceptors (Lipinski definition) is 4. The Kier molecular flexibility index (Phi) is 3.76. The fourth-order valence-electron chi connectivity index (χ4n) is 1.49. The van der Waals surface area contributed by atoms with E-state index in [1.165, 1.54) is 4.90 Å². The summed E-state index contributed by atoms with van der Waals surface area (Å²) in [5, 5.41) is 11.7. The molecule has 0 radical (unpaired) electrons. The maximum atomic E-state index is 11.8. The molecule has 6 nitrogen and oxygen atoms in total. The monoisotopic (exact) mass is 250 g/mol. The molecular formula is C12H18N4O2. The lowest BCUT2D eigenvalue weighted by atomic mass is 10.3. The highest BCUT2D eigenvalue weighted by atomic mass is 16.3. The molecule has 0 spiro atoms. The Hall–Kier alpha value is -1.69. The normalized spacial score (nSPS) is 16.2. The van der Waals surface area contributed by atoms with E-state index < -0.39 is 0 Å². The van der Waals surface area contributed by atoms with E-state index >= 15 is 0 Å². The number of urea groups is 1. The van der Waals surface area contributed by atoms with Gasteiger partial charge in [-0.25, -0.2) is 14.8 Å². The quantitative estimate of drug-likeness (QED) is 0.841. The van der Waals surface area contributed by atoms with Crippen molar-refractivity contribution in [3.63, 3.8) is 0 Å². The third-order valence-corrected chi connectivity index (χ3v) is 3.11. The number of carbonyl (C=O) groups excluding carboxylic acids is 1. The Labute approximate surface area is 106 Å². The first-order chi connectivity index (χ1) is 8.61. The van der Waals surface area contributed by atoms with Crippen molar-refractivity contribution in [3.05, 3.63) is 18.2 Å². The van der Waals surface area contributed by atoms with Crippen molar-refractivity contribution in [3.8, 4) is 0 Å². The molecule has 0 bridgehead atoms. The van der Waals surface area contributed by atoms with Crippen LogP contribution in [-0.4, -0.2) is 45.7 Å². The zero-order valence-corrected chi connectivity index (χ0v) is 10.6. The highest BCUT2D eigenvalue weighted by molar-refractivity contribution is 5.88. The van der Waals surface area contributed by atoms with Crippen LogP contribution in [0.2, 0.25) is 0 Å². The van der Waals surface area contributed by atoms with Gasteiger partial charge in [0.1, 0.15) is 5.82 Å². The summed E-state index contributed by atoms with van der Waals surface area (Å²) in [5.41, 5.74) is 0.571. The zero-order chi connectivity index (χ0) is 13.1. The van der Waals surface area contributed by atoms with Gasteiger partial charge in [-0.3, -0.25) is 0 Å². The summed E-state index contributed by atoms with van der Waals surface area (Å²) in [6.07, 6.45) is 5.55. The average molecular weight is 250 g/mol. The van der Waals surface area contributed by atoms with Gasteiger partial charge in [0.25, 0.3) is 0 Å². The molecule has 1 aliphatic carbocycles. The summed E-state index contributed by atoms with van der Waals surface area (Å²) in [6.45, 7) is 1.70. The van der Waals surface area contributed by atoms with Crippen molar-refractivity contribution in [2.45, 2.75) is 31.7 Å². The molecule has 98 valence electrons. The number of nitrogens with one attached hydrogen (secondary N) is 1. The van der Waals surface area contributed by atoms with Crippen molar-refractivity contribution in [2.75, 3.05) is 19.0 Å². The number of carbonyl (C=O) groups is 1. The number of aromatic nitrogens is 2. The third-order valence-electron chi connectivity index (χ3n) is 3.11. The minimum Gasteiger partial charge on any atom is -0.394 e. The topological polar surface area (TPSA) is 78.4 Å². The molecule has 0 saturated heterocycles. The SMILES string of the molecule is CC(CO)N(C)C(=O)Nc1cnc(C2CC2)nc1. The maximum absolute atomic E-state index is 11.8. The lowest BCUT2D eigenvalue weighted by Crippen LogP contribution is -2.40. The summed E-state index contributed by atoms with van der Waals surface area (Å²) in [4.78, 5) is 21.7. The number of likely N-dealkylation sites (N-methyl/N-ethyl adjacent to an activating group) is 1. The standard InChI is InChI=1S/C12H18N4O2/c1-8(7-17)16(2)12(18)15-10-5-13-11(14-6-10)9-3-4-9/h5-6,8-9,17H,3-4,7H2,1-2H3,(H,15,18). The second kappa shape index (κ2) is 5.30. The van der Waals surface area contributed by atoms with Gasteiger partial charge in [-0.15, -0.1) is 0 Å². The molecule has 1 fully saturated rings. The molecule has 18 heavy (non-hydrogen) atoms. The Morgan fingerprint density at radius 2 is 2.17 bits per heavy atom. The molecule has 0 aliphatic heterocycles. The molecule has 2 rings (SSSR count). The fourth-order valence-corrected chi connectivity index (χ4v) is 1.49. The van der Waals surface area contributed by atoms with Gasteiger partial charge in [-0.05, 0) is 19.8 Å². The Bertz CT molecular complexity index is 417. The lowest BCUT2D eigenvalue weighted by Gasteiger charge is -2.23. The molecule has 6 heteroatoms. The molecule has 1 aromatic heterocycles. The van der Waals surface area contributed by atoms with Crippen LogP contribution in [0, 0.1) is 0 Å². The minimum atomic E-state index is -0.278. The first-order valence-electron chi connectivity index (χ1n) is 6.08. The Morgan fingerprint density at radius 1 is 1.56 bits per heavy atom. The minimum absolute atomic E-state index is 0.0684. The van der Waals surface area contributed by atoms with E-state index in [-0.39, 0.29) is 18.7 Å². The van der Waals surface area contributed by atoms with Crippen molar-refractivity contribution in [1.29, 1.82) is 0 Å². The Balaban J connectivity index is 1.93. The molecule has 1 aliphatic rings. The maximum Gasteiger partial charge on any atom is 0.321 e. The second-order valence-electron chi connectivity index (χ2n) is 4.68. The van der Waals surface area contributed by atoms with E-state index in [9.17, 15) is 4.79 Å². The molecular weight excluding hydrogens is 232 g/mol. The smallest absolute Gasteiger partial charge is 0.321 e. The second-order valence-corrected chi connectivity index (χ2v) is 4.68. The Morgan fingerprint density at radius 3 is 2.67 bits per heavy atom. The van der Waals surface area contributed by atoms with Gasteiger partial charge in [-0.2, -0.15) is 0 Å². The molecule has 1 saturated carbocycles. The summed E-state index contributed by atoms with van der Waals surface area (Å²) in [5.74, 6) is 1.36. The number of amides is 2. The van der Waals surface area contributed by atoms with Crippen LogP contribution >= 0.6 is 0 Å². The largest absolute Gasteiger partial charge is 0.394 e. The molecule has 2 N–H and O–H groups in total. The van der Waals surface area contributed by atoms with Crippen molar-refractivity contribution in [1.82, 2.24) is 14.9 Å². The van der Waals surface area contributed by atoms with Crippen molar-refractivity contribution in [2.24, 2.45) is 0 Å². The van der Waals surface area contributed by atoms with Crippen LogP contribution in [0.4, 0.5) is 10.5 Å². The first-order valence-corrected chi connectivity index (χ1v) is 6.08. The number of aliphatic hydroxyl groups excluding tert-OH is 1. The summed E-state index contributed by atoms with van der Waals surface area (Å²) < 4.78 is 0. The number of rotatable bonds is 4. The predicted octanol–water partition coefficient (Wildman–Crippen LogP) is 1.20. The third kappa shape index (κ3) is 2.95.